The fourth-order valence-electron chi connectivity index (χ4n) is 3.06. The fourth-order valence-corrected chi connectivity index (χ4v) is 4.16. The van der Waals surface area contributed by atoms with Gasteiger partial charge in [0, 0.05) is 13.7 Å². The van der Waals surface area contributed by atoms with Crippen LogP contribution in [0.3, 0.4) is 0 Å². The van der Waals surface area contributed by atoms with E-state index in [9.17, 15) is 8.42 Å². The zero-order chi connectivity index (χ0) is 22.8. The Morgan fingerprint density at radius 1 is 0.812 bits per heavy atom. The predicted octanol–water partition coefficient (Wildman–Crippen LogP) is 4.22. The Morgan fingerprint density at radius 3 is 2.12 bits per heavy atom. The highest BCUT2D eigenvalue weighted by Crippen LogP contribution is 2.22. The van der Waals surface area contributed by atoms with Crippen LogP contribution in [0.25, 0.3) is 0 Å². The SMILES string of the molecule is COCCOc1ccc(S(=O)(=O)NCc2ccc(COCc3ccccc3)cc2)cc1C. The summed E-state index contributed by atoms with van der Waals surface area (Å²) in [5, 5.41) is 0. The molecule has 0 bridgehead atoms. The summed E-state index contributed by atoms with van der Waals surface area (Å²) >= 11 is 0. The molecule has 0 atom stereocenters. The van der Waals surface area contributed by atoms with E-state index in [2.05, 4.69) is 4.72 Å². The van der Waals surface area contributed by atoms with E-state index in [1.54, 1.807) is 25.3 Å². The standard InChI is InChI=1S/C25H29NO5S/c1-20-16-24(12-13-25(20)31-15-14-29-2)32(27,28)26-17-21-8-10-23(11-9-21)19-30-18-22-6-4-3-5-7-22/h3-13,16,26H,14-15,17-19H2,1-2H3. The molecular formula is C25H29NO5S. The Bertz CT molecular complexity index is 1080. The van der Waals surface area contributed by atoms with Gasteiger partial charge in [-0.25, -0.2) is 13.1 Å². The van der Waals surface area contributed by atoms with Crippen molar-refractivity contribution in [2.75, 3.05) is 20.3 Å². The highest BCUT2D eigenvalue weighted by atomic mass is 32.2. The van der Waals surface area contributed by atoms with Gasteiger partial charge in [0.2, 0.25) is 10.0 Å². The molecule has 0 spiro atoms. The normalized spacial score (nSPS) is 11.4. The molecule has 0 radical (unpaired) electrons. The lowest BCUT2D eigenvalue weighted by Crippen LogP contribution is -2.23. The predicted molar refractivity (Wildman–Crippen MR) is 124 cm³/mol. The number of aryl methyl sites for hydroxylation is 1. The monoisotopic (exact) mass is 455 g/mol. The maximum Gasteiger partial charge on any atom is 0.240 e. The van der Waals surface area contributed by atoms with Gasteiger partial charge in [-0.05, 0) is 47.4 Å². The molecule has 1 N–H and O–H groups in total. The molecule has 3 aromatic rings. The molecule has 0 unspecified atom stereocenters. The van der Waals surface area contributed by atoms with Crippen LogP contribution >= 0.6 is 0 Å². The van der Waals surface area contributed by atoms with Crippen molar-refractivity contribution in [2.45, 2.75) is 31.6 Å². The van der Waals surface area contributed by atoms with Gasteiger partial charge in [0.05, 0.1) is 24.7 Å². The summed E-state index contributed by atoms with van der Waals surface area (Å²) in [6.07, 6.45) is 0. The van der Waals surface area contributed by atoms with E-state index in [1.807, 2.05) is 61.5 Å². The molecule has 0 fully saturated rings. The second-order valence-corrected chi connectivity index (χ2v) is 9.15. The Hall–Kier alpha value is -2.71. The summed E-state index contributed by atoms with van der Waals surface area (Å²) in [6.45, 7) is 3.96. The van der Waals surface area contributed by atoms with Gasteiger partial charge in [0.25, 0.3) is 0 Å². The fraction of sp³-hybridized carbons (Fsp3) is 0.280. The number of hydrogen-bond donors (Lipinski definition) is 1. The minimum absolute atomic E-state index is 0.207. The molecule has 0 heterocycles. The number of benzene rings is 3. The summed E-state index contributed by atoms with van der Waals surface area (Å²) in [4.78, 5) is 0.208. The highest BCUT2D eigenvalue weighted by molar-refractivity contribution is 7.89. The molecule has 0 saturated heterocycles. The first kappa shape index (κ1) is 23.9. The first-order chi connectivity index (χ1) is 15.5. The second kappa shape index (κ2) is 11.8. The van der Waals surface area contributed by atoms with Crippen LogP contribution in [0.15, 0.2) is 77.7 Å². The quantitative estimate of drug-likeness (QED) is 0.414. The molecule has 170 valence electrons. The number of nitrogens with one attached hydrogen (secondary N) is 1. The molecule has 3 rings (SSSR count). The van der Waals surface area contributed by atoms with E-state index < -0.39 is 10.0 Å². The summed E-state index contributed by atoms with van der Waals surface area (Å²) in [5.41, 5.74) is 3.79. The van der Waals surface area contributed by atoms with E-state index in [4.69, 9.17) is 14.2 Å². The minimum Gasteiger partial charge on any atom is -0.491 e. The molecule has 0 aliphatic carbocycles. The Kier molecular flexibility index (Phi) is 8.81. The molecule has 7 heteroatoms. The number of rotatable bonds is 12. The number of hydrogen-bond acceptors (Lipinski definition) is 5. The van der Waals surface area contributed by atoms with E-state index in [-0.39, 0.29) is 11.4 Å². The zero-order valence-electron chi connectivity index (χ0n) is 18.4. The Balaban J connectivity index is 1.51. The lowest BCUT2D eigenvalue weighted by Gasteiger charge is -2.12. The average Bonchev–Trinajstić information content (AvgIpc) is 2.80. The summed E-state index contributed by atoms with van der Waals surface area (Å²) in [7, 11) is -2.03. The highest BCUT2D eigenvalue weighted by Gasteiger charge is 2.15. The Labute approximate surface area is 190 Å². The number of sulfonamides is 1. The maximum atomic E-state index is 12.7. The van der Waals surface area contributed by atoms with Crippen LogP contribution in [0.5, 0.6) is 5.75 Å². The molecule has 32 heavy (non-hydrogen) atoms. The van der Waals surface area contributed by atoms with E-state index >= 15 is 0 Å². The smallest absolute Gasteiger partial charge is 0.240 e. The van der Waals surface area contributed by atoms with Crippen molar-refractivity contribution in [3.05, 3.63) is 95.1 Å². The molecule has 0 amide bonds. The van der Waals surface area contributed by atoms with Crippen LogP contribution in [-0.2, 0) is 39.3 Å². The van der Waals surface area contributed by atoms with Crippen LogP contribution < -0.4 is 9.46 Å². The second-order valence-electron chi connectivity index (χ2n) is 7.39. The minimum atomic E-state index is -3.63. The first-order valence-electron chi connectivity index (χ1n) is 10.4. The molecule has 0 aliphatic rings. The van der Waals surface area contributed by atoms with Gasteiger partial charge in [-0.15, -0.1) is 0 Å². The van der Waals surface area contributed by atoms with Crippen LogP contribution in [0, 0.1) is 6.92 Å². The number of ether oxygens (including phenoxy) is 3. The lowest BCUT2D eigenvalue weighted by atomic mass is 10.1. The van der Waals surface area contributed by atoms with Crippen LogP contribution in [0.4, 0.5) is 0 Å². The van der Waals surface area contributed by atoms with Gasteiger partial charge in [-0.2, -0.15) is 0 Å². The van der Waals surface area contributed by atoms with E-state index in [0.717, 1.165) is 22.3 Å². The Morgan fingerprint density at radius 2 is 1.47 bits per heavy atom. The average molecular weight is 456 g/mol. The summed E-state index contributed by atoms with van der Waals surface area (Å²) < 4.78 is 44.3. The summed E-state index contributed by atoms with van der Waals surface area (Å²) in [6, 6.07) is 22.5. The van der Waals surface area contributed by atoms with E-state index in [1.165, 1.54) is 0 Å². The molecule has 0 saturated carbocycles. The lowest BCUT2D eigenvalue weighted by molar-refractivity contribution is 0.107. The van der Waals surface area contributed by atoms with Gasteiger partial charge < -0.3 is 14.2 Å². The molecule has 6 nitrogen and oxygen atoms in total. The van der Waals surface area contributed by atoms with Crippen molar-refractivity contribution in [2.24, 2.45) is 0 Å². The topological polar surface area (TPSA) is 73.9 Å². The maximum absolute atomic E-state index is 12.7. The van der Waals surface area contributed by atoms with Crippen molar-refractivity contribution >= 4 is 10.0 Å². The zero-order valence-corrected chi connectivity index (χ0v) is 19.2. The van der Waals surface area contributed by atoms with E-state index in [0.29, 0.717) is 32.2 Å². The third kappa shape index (κ3) is 7.17. The van der Waals surface area contributed by atoms with Crippen molar-refractivity contribution < 1.29 is 22.6 Å². The first-order valence-corrected chi connectivity index (χ1v) is 11.9. The molecular weight excluding hydrogens is 426 g/mol. The summed E-state index contributed by atoms with van der Waals surface area (Å²) in [5.74, 6) is 0.645. The van der Waals surface area contributed by atoms with Gasteiger partial charge in [0.15, 0.2) is 0 Å². The largest absolute Gasteiger partial charge is 0.491 e. The third-order valence-corrected chi connectivity index (χ3v) is 6.27. The van der Waals surface area contributed by atoms with Crippen molar-refractivity contribution in [3.8, 4) is 5.75 Å². The third-order valence-electron chi connectivity index (χ3n) is 4.87. The van der Waals surface area contributed by atoms with Crippen molar-refractivity contribution in [1.82, 2.24) is 4.72 Å². The van der Waals surface area contributed by atoms with Crippen molar-refractivity contribution in [3.63, 3.8) is 0 Å². The molecule has 0 aromatic heterocycles. The van der Waals surface area contributed by atoms with Crippen LogP contribution in [0.1, 0.15) is 22.3 Å². The van der Waals surface area contributed by atoms with Crippen molar-refractivity contribution in [1.29, 1.82) is 0 Å². The van der Waals surface area contributed by atoms with Gasteiger partial charge in [-0.3, -0.25) is 0 Å². The van der Waals surface area contributed by atoms with Crippen LogP contribution in [-0.4, -0.2) is 28.7 Å². The van der Waals surface area contributed by atoms with Crippen LogP contribution in [0.2, 0.25) is 0 Å². The number of methoxy groups -OCH3 is 1. The molecule has 3 aromatic carbocycles. The van der Waals surface area contributed by atoms with Gasteiger partial charge in [0.1, 0.15) is 12.4 Å². The van der Waals surface area contributed by atoms with Gasteiger partial charge in [-0.1, -0.05) is 54.6 Å². The molecule has 0 aliphatic heterocycles. The van der Waals surface area contributed by atoms with Gasteiger partial charge >= 0.3 is 0 Å².